The Hall–Kier alpha value is -2.30. The summed E-state index contributed by atoms with van der Waals surface area (Å²) in [7, 11) is 0. The zero-order valence-electron chi connectivity index (χ0n) is 12.6. The first kappa shape index (κ1) is 16.1. The summed E-state index contributed by atoms with van der Waals surface area (Å²) in [6.45, 7) is 2.43. The van der Waals surface area contributed by atoms with Gasteiger partial charge < -0.3 is 15.1 Å². The number of halogens is 1. The summed E-state index contributed by atoms with van der Waals surface area (Å²) in [4.78, 5) is 11.8. The van der Waals surface area contributed by atoms with E-state index in [1.54, 1.807) is 12.3 Å². The third-order valence-corrected chi connectivity index (χ3v) is 3.37. The number of aryl methyl sites for hydroxylation is 1. The quantitative estimate of drug-likeness (QED) is 0.825. The molecule has 1 heterocycles. The van der Waals surface area contributed by atoms with Crippen molar-refractivity contribution in [1.82, 2.24) is 10.6 Å². The first-order chi connectivity index (χ1) is 10.6. The molecule has 1 aromatic heterocycles. The Morgan fingerprint density at radius 2 is 2.14 bits per heavy atom. The summed E-state index contributed by atoms with van der Waals surface area (Å²) < 4.78 is 18.3. The molecule has 0 aliphatic heterocycles. The van der Waals surface area contributed by atoms with Crippen molar-refractivity contribution in [2.24, 2.45) is 0 Å². The van der Waals surface area contributed by atoms with E-state index in [9.17, 15) is 9.18 Å². The highest BCUT2D eigenvalue weighted by atomic mass is 19.1. The molecule has 2 N–H and O–H groups in total. The summed E-state index contributed by atoms with van der Waals surface area (Å²) >= 11 is 0. The normalized spacial score (nSPS) is 11.9. The molecule has 118 valence electrons. The van der Waals surface area contributed by atoms with Crippen LogP contribution in [0.15, 0.2) is 47.1 Å². The molecular formula is C17H21FN2O2. The zero-order chi connectivity index (χ0) is 15.8. The molecule has 0 spiro atoms. The largest absolute Gasteiger partial charge is 0.469 e. The smallest absolute Gasteiger partial charge is 0.315 e. The van der Waals surface area contributed by atoms with E-state index in [2.05, 4.69) is 10.6 Å². The van der Waals surface area contributed by atoms with Crippen LogP contribution in [0.1, 0.15) is 24.7 Å². The fourth-order valence-electron chi connectivity index (χ4n) is 2.17. The van der Waals surface area contributed by atoms with Crippen LogP contribution < -0.4 is 10.6 Å². The third-order valence-electron chi connectivity index (χ3n) is 3.37. The summed E-state index contributed by atoms with van der Waals surface area (Å²) in [5, 5.41) is 5.65. The Balaban J connectivity index is 1.62. The first-order valence-electron chi connectivity index (χ1n) is 7.44. The predicted molar refractivity (Wildman–Crippen MR) is 83.1 cm³/mol. The van der Waals surface area contributed by atoms with Gasteiger partial charge in [0.2, 0.25) is 0 Å². The van der Waals surface area contributed by atoms with Gasteiger partial charge in [0.25, 0.3) is 0 Å². The molecule has 2 aromatic rings. The molecular weight excluding hydrogens is 283 g/mol. The average molecular weight is 304 g/mol. The van der Waals surface area contributed by atoms with E-state index in [-0.39, 0.29) is 17.9 Å². The van der Waals surface area contributed by atoms with E-state index in [4.69, 9.17) is 4.42 Å². The fourth-order valence-corrected chi connectivity index (χ4v) is 2.17. The molecule has 0 bridgehead atoms. The fraction of sp³-hybridized carbons (Fsp3) is 0.353. The molecule has 0 fully saturated rings. The van der Waals surface area contributed by atoms with Gasteiger partial charge in [-0.3, -0.25) is 0 Å². The minimum Gasteiger partial charge on any atom is -0.469 e. The van der Waals surface area contributed by atoms with Crippen molar-refractivity contribution in [3.63, 3.8) is 0 Å². The Kier molecular flexibility index (Phi) is 6.01. The van der Waals surface area contributed by atoms with Crippen LogP contribution in [0.4, 0.5) is 9.18 Å². The molecule has 0 saturated carbocycles. The van der Waals surface area contributed by atoms with Crippen LogP contribution in [0.3, 0.4) is 0 Å². The number of carbonyl (C=O) groups excluding carboxylic acids is 1. The van der Waals surface area contributed by atoms with E-state index < -0.39 is 0 Å². The van der Waals surface area contributed by atoms with Gasteiger partial charge in [-0.15, -0.1) is 0 Å². The molecule has 1 aromatic carbocycles. The summed E-state index contributed by atoms with van der Waals surface area (Å²) in [5.41, 5.74) is 0.867. The summed E-state index contributed by atoms with van der Waals surface area (Å²) in [6.07, 6.45) is 3.85. The van der Waals surface area contributed by atoms with Crippen LogP contribution in [0.25, 0.3) is 0 Å². The third kappa shape index (κ3) is 5.60. The Morgan fingerprint density at radius 1 is 1.27 bits per heavy atom. The van der Waals surface area contributed by atoms with Crippen LogP contribution in [0.2, 0.25) is 0 Å². The summed E-state index contributed by atoms with van der Waals surface area (Å²) in [6, 6.07) is 10.0. The highest BCUT2D eigenvalue weighted by Crippen LogP contribution is 2.06. The number of benzene rings is 1. The average Bonchev–Trinajstić information content (AvgIpc) is 2.98. The number of rotatable bonds is 7. The second-order valence-electron chi connectivity index (χ2n) is 5.30. The maximum atomic E-state index is 13.0. The van der Waals surface area contributed by atoms with Crippen LogP contribution in [-0.2, 0) is 12.8 Å². The highest BCUT2D eigenvalue weighted by molar-refractivity contribution is 5.74. The zero-order valence-corrected chi connectivity index (χ0v) is 12.6. The van der Waals surface area contributed by atoms with Crippen molar-refractivity contribution in [2.45, 2.75) is 32.2 Å². The molecule has 5 heteroatoms. The topological polar surface area (TPSA) is 54.3 Å². The number of hydrogen-bond donors (Lipinski definition) is 2. The van der Waals surface area contributed by atoms with Crippen molar-refractivity contribution in [3.8, 4) is 0 Å². The lowest BCUT2D eigenvalue weighted by atomic mass is 10.1. The number of furan rings is 1. The van der Waals surface area contributed by atoms with Gasteiger partial charge >= 0.3 is 6.03 Å². The van der Waals surface area contributed by atoms with Gasteiger partial charge in [-0.25, -0.2) is 9.18 Å². The molecule has 0 aliphatic carbocycles. The number of carbonyl (C=O) groups is 1. The number of hydrogen-bond acceptors (Lipinski definition) is 2. The lowest BCUT2D eigenvalue weighted by Gasteiger charge is -2.14. The van der Waals surface area contributed by atoms with E-state index in [1.807, 2.05) is 25.1 Å². The van der Waals surface area contributed by atoms with Gasteiger partial charge in [0, 0.05) is 19.0 Å². The summed E-state index contributed by atoms with van der Waals surface area (Å²) in [5.74, 6) is 0.661. The maximum Gasteiger partial charge on any atom is 0.315 e. The van der Waals surface area contributed by atoms with Crippen LogP contribution >= 0.6 is 0 Å². The van der Waals surface area contributed by atoms with Gasteiger partial charge in [-0.05, 0) is 49.6 Å². The molecule has 0 saturated heterocycles. The monoisotopic (exact) mass is 304 g/mol. The van der Waals surface area contributed by atoms with Crippen LogP contribution in [0.5, 0.6) is 0 Å². The van der Waals surface area contributed by atoms with Crippen molar-refractivity contribution in [3.05, 3.63) is 59.8 Å². The van der Waals surface area contributed by atoms with Gasteiger partial charge in [-0.2, -0.15) is 0 Å². The van der Waals surface area contributed by atoms with E-state index >= 15 is 0 Å². The van der Waals surface area contributed by atoms with E-state index in [0.29, 0.717) is 13.0 Å². The molecule has 1 atom stereocenters. The lowest BCUT2D eigenvalue weighted by Crippen LogP contribution is -2.41. The highest BCUT2D eigenvalue weighted by Gasteiger charge is 2.08. The Bertz CT molecular complexity index is 584. The van der Waals surface area contributed by atoms with Crippen LogP contribution in [-0.4, -0.2) is 18.6 Å². The SMILES string of the molecule is CC(CCc1ccco1)NC(=O)NCCc1cccc(F)c1. The standard InChI is InChI=1S/C17H21FN2O2/c1-13(7-8-16-6-3-11-22-16)20-17(21)19-10-9-14-4-2-5-15(18)12-14/h2-6,11-13H,7-10H2,1H3,(H2,19,20,21). The van der Waals surface area contributed by atoms with Gasteiger partial charge in [0.15, 0.2) is 0 Å². The van der Waals surface area contributed by atoms with Crippen molar-refractivity contribution in [2.75, 3.05) is 6.54 Å². The van der Waals surface area contributed by atoms with Crippen molar-refractivity contribution in [1.29, 1.82) is 0 Å². The lowest BCUT2D eigenvalue weighted by molar-refractivity contribution is 0.237. The maximum absolute atomic E-state index is 13.0. The van der Waals surface area contributed by atoms with Gasteiger partial charge in [0.05, 0.1) is 6.26 Å². The van der Waals surface area contributed by atoms with Crippen molar-refractivity contribution >= 4 is 6.03 Å². The first-order valence-corrected chi connectivity index (χ1v) is 7.44. The Labute approximate surface area is 129 Å². The molecule has 2 amide bonds. The van der Waals surface area contributed by atoms with E-state index in [1.165, 1.54) is 12.1 Å². The predicted octanol–water partition coefficient (Wildman–Crippen LogP) is 3.28. The van der Waals surface area contributed by atoms with E-state index in [0.717, 1.165) is 24.2 Å². The molecule has 0 radical (unpaired) electrons. The number of urea groups is 1. The molecule has 0 aliphatic rings. The molecule has 22 heavy (non-hydrogen) atoms. The second kappa shape index (κ2) is 8.22. The number of amides is 2. The molecule has 4 nitrogen and oxygen atoms in total. The van der Waals surface area contributed by atoms with Gasteiger partial charge in [0.1, 0.15) is 11.6 Å². The molecule has 1 unspecified atom stereocenters. The molecule has 2 rings (SSSR count). The number of nitrogens with one attached hydrogen (secondary N) is 2. The Morgan fingerprint density at radius 3 is 2.86 bits per heavy atom. The minimum absolute atomic E-state index is 0.0549. The second-order valence-corrected chi connectivity index (χ2v) is 5.30. The van der Waals surface area contributed by atoms with Crippen molar-refractivity contribution < 1.29 is 13.6 Å². The minimum atomic E-state index is -0.256. The van der Waals surface area contributed by atoms with Gasteiger partial charge in [-0.1, -0.05) is 12.1 Å². The van der Waals surface area contributed by atoms with Crippen LogP contribution in [0, 0.1) is 5.82 Å².